The fourth-order valence-corrected chi connectivity index (χ4v) is 4.72. The smallest absolute Gasteiger partial charge is 0.228 e. The van der Waals surface area contributed by atoms with Gasteiger partial charge in [-0.25, -0.2) is 0 Å². The number of hydrogen-bond donors (Lipinski definition) is 1. The normalized spacial score (nSPS) is 20.9. The molecule has 1 aliphatic carbocycles. The minimum absolute atomic E-state index is 0.0272. The van der Waals surface area contributed by atoms with Crippen LogP contribution >= 0.6 is 0 Å². The highest BCUT2D eigenvalue weighted by molar-refractivity contribution is 5.86. The first-order valence-corrected chi connectivity index (χ1v) is 11.4. The van der Waals surface area contributed by atoms with Gasteiger partial charge >= 0.3 is 0 Å². The maximum atomic E-state index is 13.4. The summed E-state index contributed by atoms with van der Waals surface area (Å²) in [6.07, 6.45) is 5.94. The van der Waals surface area contributed by atoms with Gasteiger partial charge in [0, 0.05) is 25.6 Å². The highest BCUT2D eigenvalue weighted by atomic mass is 16.2. The minimum atomic E-state index is -0.618. The molecule has 4 heteroatoms. The zero-order valence-electron chi connectivity index (χ0n) is 18.4. The van der Waals surface area contributed by atoms with Crippen molar-refractivity contribution in [3.63, 3.8) is 0 Å². The molecular weight excluding hydrogens is 384 g/mol. The van der Waals surface area contributed by atoms with E-state index in [-0.39, 0.29) is 17.7 Å². The van der Waals surface area contributed by atoms with Crippen molar-refractivity contribution in [3.8, 4) is 11.1 Å². The Labute approximate surface area is 185 Å². The molecule has 31 heavy (non-hydrogen) atoms. The minimum Gasteiger partial charge on any atom is -0.352 e. The van der Waals surface area contributed by atoms with Gasteiger partial charge in [0.15, 0.2) is 0 Å². The summed E-state index contributed by atoms with van der Waals surface area (Å²) in [6.45, 7) is 7.52. The number of amides is 2. The van der Waals surface area contributed by atoms with Crippen LogP contribution in [0.2, 0.25) is 0 Å². The first kappa shape index (κ1) is 21.4. The molecule has 162 valence electrons. The molecule has 0 spiro atoms. The van der Waals surface area contributed by atoms with Crippen molar-refractivity contribution in [1.82, 2.24) is 10.2 Å². The van der Waals surface area contributed by atoms with Crippen LogP contribution in [-0.4, -0.2) is 36.3 Å². The first-order valence-electron chi connectivity index (χ1n) is 11.4. The van der Waals surface area contributed by atoms with E-state index in [0.29, 0.717) is 19.5 Å². The van der Waals surface area contributed by atoms with Crippen molar-refractivity contribution in [1.29, 1.82) is 0 Å². The number of benzene rings is 2. The van der Waals surface area contributed by atoms with E-state index in [1.165, 1.54) is 5.56 Å². The quantitative estimate of drug-likeness (QED) is 0.675. The Morgan fingerprint density at radius 2 is 1.90 bits per heavy atom. The first-order chi connectivity index (χ1) is 15.0. The largest absolute Gasteiger partial charge is 0.352 e. The van der Waals surface area contributed by atoms with Gasteiger partial charge in [-0.2, -0.15) is 0 Å². The van der Waals surface area contributed by atoms with Crippen molar-refractivity contribution in [2.75, 3.05) is 19.6 Å². The third kappa shape index (κ3) is 4.73. The summed E-state index contributed by atoms with van der Waals surface area (Å²) in [5, 5.41) is 3.04. The predicted molar refractivity (Wildman–Crippen MR) is 124 cm³/mol. The summed E-state index contributed by atoms with van der Waals surface area (Å²) in [7, 11) is 0. The Morgan fingerprint density at radius 1 is 1.16 bits per heavy atom. The Hall–Kier alpha value is -2.88. The molecule has 1 atom stereocenters. The van der Waals surface area contributed by atoms with E-state index in [2.05, 4.69) is 55.2 Å². The molecular formula is C27H32N2O2. The summed E-state index contributed by atoms with van der Waals surface area (Å²) in [4.78, 5) is 28.2. The second kappa shape index (κ2) is 9.09. The predicted octanol–water partition coefficient (Wildman–Crippen LogP) is 4.53. The van der Waals surface area contributed by atoms with Crippen LogP contribution in [0.5, 0.6) is 0 Å². The molecule has 4 rings (SSSR count). The molecule has 2 fully saturated rings. The molecule has 1 N–H and O–H groups in total. The maximum absolute atomic E-state index is 13.4. The van der Waals surface area contributed by atoms with Crippen LogP contribution in [0.25, 0.3) is 11.1 Å². The lowest BCUT2D eigenvalue weighted by molar-refractivity contribution is -0.142. The molecule has 1 saturated heterocycles. The highest BCUT2D eigenvalue weighted by Gasteiger charge is 2.45. The van der Waals surface area contributed by atoms with E-state index >= 15 is 0 Å². The van der Waals surface area contributed by atoms with Crippen LogP contribution in [0, 0.1) is 18.3 Å². The number of likely N-dealkylation sites (tertiary alicyclic amines) is 1. The summed E-state index contributed by atoms with van der Waals surface area (Å²) in [5.74, 6) is 0.429. The SMILES string of the molecule is C=CCNC(=O)[C@]1(Cc2ccccc2-c2ccc(C)cc2)CCCN(C(=O)C2CC2)C1. The van der Waals surface area contributed by atoms with E-state index < -0.39 is 5.41 Å². The van der Waals surface area contributed by atoms with Gasteiger partial charge in [-0.1, -0.05) is 60.2 Å². The van der Waals surface area contributed by atoms with E-state index in [9.17, 15) is 9.59 Å². The van der Waals surface area contributed by atoms with Crippen molar-refractivity contribution < 1.29 is 9.59 Å². The lowest BCUT2D eigenvalue weighted by Crippen LogP contribution is -2.54. The average Bonchev–Trinajstić information content (AvgIpc) is 3.63. The van der Waals surface area contributed by atoms with Crippen molar-refractivity contribution in [2.24, 2.45) is 11.3 Å². The van der Waals surface area contributed by atoms with E-state index in [0.717, 1.165) is 48.9 Å². The van der Waals surface area contributed by atoms with E-state index in [1.54, 1.807) is 6.08 Å². The lowest BCUT2D eigenvalue weighted by Gasteiger charge is -2.42. The number of carbonyl (C=O) groups excluding carboxylic acids is 2. The Bertz CT molecular complexity index is 961. The summed E-state index contributed by atoms with van der Waals surface area (Å²) < 4.78 is 0. The van der Waals surface area contributed by atoms with Gasteiger partial charge in [0.25, 0.3) is 0 Å². The van der Waals surface area contributed by atoms with Gasteiger partial charge < -0.3 is 10.2 Å². The Morgan fingerprint density at radius 3 is 2.61 bits per heavy atom. The third-order valence-electron chi connectivity index (χ3n) is 6.61. The van der Waals surface area contributed by atoms with Crippen LogP contribution in [0.1, 0.15) is 36.8 Å². The zero-order valence-corrected chi connectivity index (χ0v) is 18.4. The van der Waals surface area contributed by atoms with Crippen LogP contribution < -0.4 is 5.32 Å². The summed E-state index contributed by atoms with van der Waals surface area (Å²) >= 11 is 0. The van der Waals surface area contributed by atoms with Crippen LogP contribution in [0.3, 0.4) is 0 Å². The molecule has 4 nitrogen and oxygen atoms in total. The number of rotatable bonds is 7. The van der Waals surface area contributed by atoms with E-state index in [4.69, 9.17) is 0 Å². The molecule has 0 radical (unpaired) electrons. The van der Waals surface area contributed by atoms with Crippen LogP contribution in [0.4, 0.5) is 0 Å². The molecule has 2 aromatic rings. The van der Waals surface area contributed by atoms with Crippen molar-refractivity contribution in [2.45, 2.75) is 39.0 Å². The number of piperidine rings is 1. The molecule has 0 bridgehead atoms. The molecule has 1 heterocycles. The van der Waals surface area contributed by atoms with Gasteiger partial charge in [0.2, 0.25) is 11.8 Å². The zero-order chi connectivity index (χ0) is 21.8. The molecule has 2 aliphatic rings. The molecule has 0 unspecified atom stereocenters. The molecule has 0 aromatic heterocycles. The Kier molecular flexibility index (Phi) is 6.26. The fraction of sp³-hybridized carbons (Fsp3) is 0.407. The van der Waals surface area contributed by atoms with Gasteiger partial charge in [-0.3, -0.25) is 9.59 Å². The van der Waals surface area contributed by atoms with Crippen LogP contribution in [0.15, 0.2) is 61.2 Å². The summed E-state index contributed by atoms with van der Waals surface area (Å²) in [6, 6.07) is 16.9. The topological polar surface area (TPSA) is 49.4 Å². The van der Waals surface area contributed by atoms with Crippen LogP contribution in [-0.2, 0) is 16.0 Å². The average molecular weight is 417 g/mol. The second-order valence-corrected chi connectivity index (χ2v) is 9.12. The summed E-state index contributed by atoms with van der Waals surface area (Å²) in [5.41, 5.74) is 4.07. The van der Waals surface area contributed by atoms with Gasteiger partial charge in [-0.05, 0) is 55.7 Å². The number of nitrogens with one attached hydrogen (secondary N) is 1. The number of carbonyl (C=O) groups is 2. The molecule has 1 saturated carbocycles. The lowest BCUT2D eigenvalue weighted by atomic mass is 9.73. The number of aryl methyl sites for hydroxylation is 1. The fourth-order valence-electron chi connectivity index (χ4n) is 4.72. The highest BCUT2D eigenvalue weighted by Crippen LogP contribution is 2.39. The molecule has 1 aliphatic heterocycles. The second-order valence-electron chi connectivity index (χ2n) is 9.12. The number of nitrogens with zero attached hydrogens (tertiary/aromatic N) is 1. The Balaban J connectivity index is 1.67. The standard InChI is InChI=1S/C27H32N2O2/c1-3-16-28-26(31)27(15-6-17-29(19-27)25(30)22-13-14-22)18-23-7-4-5-8-24(23)21-11-9-20(2)10-12-21/h3-5,7-12,22H,1,6,13-19H2,2H3,(H,28,31)/t27-/m0/s1. The molecule has 2 amide bonds. The van der Waals surface area contributed by atoms with Gasteiger partial charge in [0.1, 0.15) is 0 Å². The van der Waals surface area contributed by atoms with Crippen molar-refractivity contribution >= 4 is 11.8 Å². The third-order valence-corrected chi connectivity index (χ3v) is 6.61. The van der Waals surface area contributed by atoms with Gasteiger partial charge in [-0.15, -0.1) is 6.58 Å². The van der Waals surface area contributed by atoms with E-state index in [1.807, 2.05) is 17.0 Å². The molecule has 2 aromatic carbocycles. The maximum Gasteiger partial charge on any atom is 0.228 e. The van der Waals surface area contributed by atoms with Crippen molar-refractivity contribution in [3.05, 3.63) is 72.3 Å². The monoisotopic (exact) mass is 416 g/mol. The number of hydrogen-bond acceptors (Lipinski definition) is 2. The van der Waals surface area contributed by atoms with Gasteiger partial charge in [0.05, 0.1) is 5.41 Å².